The number of aromatic nitrogens is 4. The van der Waals surface area contributed by atoms with Crippen molar-refractivity contribution in [3.05, 3.63) is 29.0 Å². The molecule has 0 bridgehead atoms. The molecule has 4 heterocycles. The molecule has 1 saturated heterocycles. The third-order valence-corrected chi connectivity index (χ3v) is 4.91. The summed E-state index contributed by atoms with van der Waals surface area (Å²) in [6.45, 7) is 2.15. The Morgan fingerprint density at radius 1 is 1.18 bits per heavy atom. The number of fused-ring (bicyclic) bond motifs is 1. The molecule has 4 rings (SSSR count). The van der Waals surface area contributed by atoms with E-state index in [0.717, 1.165) is 48.8 Å². The first-order valence-corrected chi connectivity index (χ1v) is 8.40. The second kappa shape index (κ2) is 5.66. The Balaban J connectivity index is 1.67. The maximum Gasteiger partial charge on any atom is 0.186 e. The minimum Gasteiger partial charge on any atom is -0.396 e. The molecule has 22 heavy (non-hydrogen) atoms. The zero-order chi connectivity index (χ0) is 14.9. The lowest BCUT2D eigenvalue weighted by Gasteiger charge is -2.31. The monoisotopic (exact) mass is 315 g/mol. The van der Waals surface area contributed by atoms with Gasteiger partial charge < -0.3 is 10.0 Å². The van der Waals surface area contributed by atoms with Crippen LogP contribution < -0.4 is 4.90 Å². The Morgan fingerprint density at radius 2 is 2.05 bits per heavy atom. The summed E-state index contributed by atoms with van der Waals surface area (Å²) in [6, 6.07) is 5.99. The van der Waals surface area contributed by atoms with E-state index in [0.29, 0.717) is 5.92 Å². The number of nitrogens with zero attached hydrogens (tertiary/aromatic N) is 5. The van der Waals surface area contributed by atoms with Gasteiger partial charge in [-0.1, -0.05) is 0 Å². The number of aliphatic hydroxyl groups is 1. The minimum atomic E-state index is 0.286. The molecule has 3 aromatic heterocycles. The fourth-order valence-corrected chi connectivity index (χ4v) is 3.50. The highest BCUT2D eigenvalue weighted by Gasteiger charge is 2.20. The highest BCUT2D eigenvalue weighted by atomic mass is 32.1. The van der Waals surface area contributed by atoms with Crippen molar-refractivity contribution >= 4 is 22.8 Å². The van der Waals surface area contributed by atoms with Gasteiger partial charge in [-0.25, -0.2) is 0 Å². The van der Waals surface area contributed by atoms with E-state index in [4.69, 9.17) is 5.10 Å². The number of thiophene rings is 1. The SMILES string of the molecule is OCC1CCN(c2ccc3nnc(-c4ccsc4)n3n2)CC1. The Kier molecular flexibility index (Phi) is 3.51. The largest absolute Gasteiger partial charge is 0.396 e. The zero-order valence-corrected chi connectivity index (χ0v) is 12.9. The molecule has 0 atom stereocenters. The summed E-state index contributed by atoms with van der Waals surface area (Å²) < 4.78 is 1.81. The van der Waals surface area contributed by atoms with Crippen LogP contribution in [-0.2, 0) is 0 Å². The third-order valence-electron chi connectivity index (χ3n) is 4.22. The first-order valence-electron chi connectivity index (χ1n) is 7.46. The van der Waals surface area contributed by atoms with E-state index in [1.165, 1.54) is 0 Å². The van der Waals surface area contributed by atoms with Crippen molar-refractivity contribution in [2.24, 2.45) is 5.92 Å². The number of rotatable bonds is 3. The van der Waals surface area contributed by atoms with Crippen LogP contribution >= 0.6 is 11.3 Å². The fraction of sp³-hybridized carbons (Fsp3) is 0.400. The quantitative estimate of drug-likeness (QED) is 0.801. The van der Waals surface area contributed by atoms with Crippen LogP contribution in [0.3, 0.4) is 0 Å². The maximum atomic E-state index is 9.25. The Hall–Kier alpha value is -1.99. The predicted octanol–water partition coefficient (Wildman–Crippen LogP) is 2.06. The van der Waals surface area contributed by atoms with Crippen molar-refractivity contribution in [3.8, 4) is 11.4 Å². The molecular weight excluding hydrogens is 298 g/mol. The van der Waals surface area contributed by atoms with Crippen LogP contribution in [-0.4, -0.2) is 44.6 Å². The summed E-state index contributed by atoms with van der Waals surface area (Å²) in [5, 5.41) is 26.5. The van der Waals surface area contributed by atoms with Crippen LogP contribution in [0.2, 0.25) is 0 Å². The summed E-state index contributed by atoms with van der Waals surface area (Å²) in [5.74, 6) is 2.15. The van der Waals surface area contributed by atoms with Gasteiger partial charge in [-0.2, -0.15) is 15.9 Å². The van der Waals surface area contributed by atoms with Crippen molar-refractivity contribution in [2.75, 3.05) is 24.6 Å². The van der Waals surface area contributed by atoms with Gasteiger partial charge in [-0.3, -0.25) is 0 Å². The van der Waals surface area contributed by atoms with Crippen molar-refractivity contribution in [2.45, 2.75) is 12.8 Å². The highest BCUT2D eigenvalue weighted by Crippen LogP contribution is 2.24. The normalized spacial score (nSPS) is 16.5. The van der Waals surface area contributed by atoms with Gasteiger partial charge in [0.2, 0.25) is 0 Å². The number of piperidine rings is 1. The maximum absolute atomic E-state index is 9.25. The average Bonchev–Trinajstić information content (AvgIpc) is 3.23. The van der Waals surface area contributed by atoms with Crippen LogP contribution in [0.15, 0.2) is 29.0 Å². The Labute approximate surface area is 132 Å². The van der Waals surface area contributed by atoms with E-state index >= 15 is 0 Å². The lowest BCUT2D eigenvalue weighted by atomic mass is 9.98. The molecule has 114 valence electrons. The Bertz CT molecular complexity index is 761. The molecule has 0 saturated carbocycles. The standard InChI is InChI=1S/C15H17N5OS/c21-9-11-3-6-19(7-4-11)14-2-1-13-16-17-15(20(13)18-14)12-5-8-22-10-12/h1-2,5,8,10-11,21H,3-4,6-7,9H2. The molecule has 1 N–H and O–H groups in total. The second-order valence-electron chi connectivity index (χ2n) is 5.61. The van der Waals surface area contributed by atoms with Gasteiger partial charge in [-0.05, 0) is 42.3 Å². The van der Waals surface area contributed by atoms with Crippen molar-refractivity contribution < 1.29 is 5.11 Å². The molecule has 0 aliphatic carbocycles. The van der Waals surface area contributed by atoms with Crippen molar-refractivity contribution in [1.82, 2.24) is 19.8 Å². The number of aliphatic hydroxyl groups excluding tert-OH is 1. The molecule has 0 unspecified atom stereocenters. The van der Waals surface area contributed by atoms with E-state index in [1.807, 2.05) is 28.1 Å². The van der Waals surface area contributed by atoms with Crippen LogP contribution in [0.1, 0.15) is 12.8 Å². The second-order valence-corrected chi connectivity index (χ2v) is 6.39. The number of hydrogen-bond donors (Lipinski definition) is 1. The van der Waals surface area contributed by atoms with Gasteiger partial charge >= 0.3 is 0 Å². The van der Waals surface area contributed by atoms with E-state index in [9.17, 15) is 5.11 Å². The summed E-state index contributed by atoms with van der Waals surface area (Å²) in [4.78, 5) is 2.27. The molecular formula is C15H17N5OS. The summed E-state index contributed by atoms with van der Waals surface area (Å²) in [7, 11) is 0. The summed E-state index contributed by atoms with van der Waals surface area (Å²) >= 11 is 1.64. The molecule has 6 nitrogen and oxygen atoms in total. The summed E-state index contributed by atoms with van der Waals surface area (Å²) in [6.07, 6.45) is 2.02. The van der Waals surface area contributed by atoms with E-state index in [-0.39, 0.29) is 6.61 Å². The molecule has 3 aromatic rings. The van der Waals surface area contributed by atoms with Crippen LogP contribution in [0.4, 0.5) is 5.82 Å². The topological polar surface area (TPSA) is 66.5 Å². The van der Waals surface area contributed by atoms with E-state index in [1.54, 1.807) is 11.3 Å². The first kappa shape index (κ1) is 13.7. The van der Waals surface area contributed by atoms with Gasteiger partial charge in [0.05, 0.1) is 0 Å². The highest BCUT2D eigenvalue weighted by molar-refractivity contribution is 7.08. The first-order chi connectivity index (χ1) is 10.8. The van der Waals surface area contributed by atoms with Gasteiger partial charge in [0, 0.05) is 30.6 Å². The minimum absolute atomic E-state index is 0.286. The van der Waals surface area contributed by atoms with Gasteiger partial charge in [0.25, 0.3) is 0 Å². The van der Waals surface area contributed by atoms with Gasteiger partial charge in [0.15, 0.2) is 11.5 Å². The smallest absolute Gasteiger partial charge is 0.186 e. The zero-order valence-electron chi connectivity index (χ0n) is 12.1. The van der Waals surface area contributed by atoms with Crippen molar-refractivity contribution in [1.29, 1.82) is 0 Å². The summed E-state index contributed by atoms with van der Waals surface area (Å²) in [5.41, 5.74) is 1.80. The molecule has 0 radical (unpaired) electrons. The molecule has 0 amide bonds. The molecule has 1 aliphatic heterocycles. The number of anilines is 1. The molecule has 7 heteroatoms. The molecule has 0 aromatic carbocycles. The van der Waals surface area contributed by atoms with Gasteiger partial charge in [0.1, 0.15) is 5.82 Å². The lowest BCUT2D eigenvalue weighted by Crippen LogP contribution is -2.35. The van der Waals surface area contributed by atoms with Gasteiger partial charge in [-0.15, -0.1) is 15.3 Å². The predicted molar refractivity (Wildman–Crippen MR) is 86.1 cm³/mol. The fourth-order valence-electron chi connectivity index (χ4n) is 2.86. The molecule has 1 fully saturated rings. The van der Waals surface area contributed by atoms with E-state index in [2.05, 4.69) is 20.5 Å². The average molecular weight is 315 g/mol. The van der Waals surface area contributed by atoms with Crippen LogP contribution in [0, 0.1) is 5.92 Å². The van der Waals surface area contributed by atoms with E-state index < -0.39 is 0 Å². The third kappa shape index (κ3) is 2.36. The van der Waals surface area contributed by atoms with Crippen molar-refractivity contribution in [3.63, 3.8) is 0 Å². The van der Waals surface area contributed by atoms with Crippen LogP contribution in [0.25, 0.3) is 17.0 Å². The number of hydrogen-bond acceptors (Lipinski definition) is 6. The van der Waals surface area contributed by atoms with Crippen LogP contribution in [0.5, 0.6) is 0 Å². The molecule has 0 spiro atoms. The molecule has 1 aliphatic rings. The lowest BCUT2D eigenvalue weighted by molar-refractivity contribution is 0.202. The Morgan fingerprint density at radius 3 is 2.77 bits per heavy atom.